The van der Waals surface area contributed by atoms with E-state index in [0.717, 1.165) is 17.7 Å². The van der Waals surface area contributed by atoms with Gasteiger partial charge in [-0.15, -0.1) is 0 Å². The van der Waals surface area contributed by atoms with Gasteiger partial charge < -0.3 is 5.32 Å². The second kappa shape index (κ2) is 2.96. The summed E-state index contributed by atoms with van der Waals surface area (Å²) >= 11 is 0. The molecule has 1 unspecified atom stereocenters. The second-order valence-corrected chi connectivity index (χ2v) is 5.17. The molecule has 0 saturated carbocycles. The van der Waals surface area contributed by atoms with E-state index in [1.54, 1.807) is 12.1 Å². The summed E-state index contributed by atoms with van der Waals surface area (Å²) in [5.74, 6) is 0. The molecule has 0 bridgehead atoms. The van der Waals surface area contributed by atoms with Crippen LogP contribution in [0.5, 0.6) is 0 Å². The van der Waals surface area contributed by atoms with Crippen LogP contribution in [-0.4, -0.2) is 14.5 Å². The van der Waals surface area contributed by atoms with E-state index >= 15 is 0 Å². The van der Waals surface area contributed by atoms with E-state index < -0.39 is 10.0 Å². The molecule has 1 heterocycles. The largest absolute Gasteiger partial charge is 0.382 e. The number of fused-ring (bicyclic) bond motifs is 1. The van der Waals surface area contributed by atoms with E-state index in [2.05, 4.69) is 12.2 Å². The minimum atomic E-state index is -3.57. The molecule has 0 fully saturated rings. The van der Waals surface area contributed by atoms with Crippen LogP contribution < -0.4 is 10.5 Å². The lowest BCUT2D eigenvalue weighted by atomic mass is 10.1. The van der Waals surface area contributed by atoms with Gasteiger partial charge in [-0.2, -0.15) is 0 Å². The van der Waals surface area contributed by atoms with Crippen LogP contribution in [0.2, 0.25) is 0 Å². The molecule has 0 aromatic heterocycles. The van der Waals surface area contributed by atoms with Crippen LogP contribution >= 0.6 is 0 Å². The molecule has 5 heteroatoms. The molecule has 0 aliphatic carbocycles. The van der Waals surface area contributed by atoms with Gasteiger partial charge in [0.25, 0.3) is 0 Å². The summed E-state index contributed by atoms with van der Waals surface area (Å²) in [4.78, 5) is 0.187. The highest BCUT2D eigenvalue weighted by Crippen LogP contribution is 2.27. The lowest BCUT2D eigenvalue weighted by Gasteiger charge is -2.02. The van der Waals surface area contributed by atoms with E-state index in [1.807, 2.05) is 0 Å². The summed E-state index contributed by atoms with van der Waals surface area (Å²) in [6, 6.07) is 5.29. The third kappa shape index (κ3) is 1.60. The fourth-order valence-corrected chi connectivity index (χ4v) is 2.27. The number of hydrogen-bond acceptors (Lipinski definition) is 3. The maximum atomic E-state index is 11.1. The molecule has 1 aromatic rings. The highest BCUT2D eigenvalue weighted by atomic mass is 32.2. The first kappa shape index (κ1) is 9.48. The quantitative estimate of drug-likeness (QED) is 0.719. The smallest absolute Gasteiger partial charge is 0.238 e. The monoisotopic (exact) mass is 212 g/mol. The first-order valence-corrected chi connectivity index (χ1v) is 5.94. The molecule has 0 saturated heterocycles. The molecule has 4 nitrogen and oxygen atoms in total. The van der Waals surface area contributed by atoms with Crippen molar-refractivity contribution in [3.05, 3.63) is 23.8 Å². The van der Waals surface area contributed by atoms with Gasteiger partial charge in [-0.25, -0.2) is 13.6 Å². The molecule has 1 atom stereocenters. The van der Waals surface area contributed by atoms with Crippen molar-refractivity contribution in [1.82, 2.24) is 0 Å². The number of benzene rings is 1. The number of anilines is 1. The van der Waals surface area contributed by atoms with Crippen molar-refractivity contribution >= 4 is 15.7 Å². The molecule has 14 heavy (non-hydrogen) atoms. The Morgan fingerprint density at radius 1 is 1.50 bits per heavy atom. The van der Waals surface area contributed by atoms with E-state index in [1.165, 1.54) is 6.07 Å². The zero-order chi connectivity index (χ0) is 10.3. The maximum Gasteiger partial charge on any atom is 0.238 e. The molecule has 1 aliphatic heterocycles. The van der Waals surface area contributed by atoms with Crippen molar-refractivity contribution in [3.8, 4) is 0 Å². The van der Waals surface area contributed by atoms with Gasteiger partial charge in [0.1, 0.15) is 0 Å². The van der Waals surface area contributed by atoms with Crippen molar-refractivity contribution in [2.75, 3.05) is 5.32 Å². The summed E-state index contributed by atoms with van der Waals surface area (Å²) in [6.45, 7) is 2.05. The Bertz CT molecular complexity index is 468. The SMILES string of the molecule is CC1Cc2cc(S(N)(=O)=O)ccc2N1. The highest BCUT2D eigenvalue weighted by molar-refractivity contribution is 7.89. The van der Waals surface area contributed by atoms with Crippen LogP contribution in [0.3, 0.4) is 0 Å². The van der Waals surface area contributed by atoms with Gasteiger partial charge in [-0.05, 0) is 37.1 Å². The van der Waals surface area contributed by atoms with Gasteiger partial charge in [-0.1, -0.05) is 0 Å². The molecule has 76 valence electrons. The number of nitrogens with two attached hydrogens (primary N) is 1. The predicted octanol–water partition coefficient (Wildman–Crippen LogP) is 0.691. The fourth-order valence-electron chi connectivity index (χ4n) is 1.70. The summed E-state index contributed by atoms with van der Waals surface area (Å²) < 4.78 is 22.1. The second-order valence-electron chi connectivity index (χ2n) is 3.61. The van der Waals surface area contributed by atoms with Gasteiger partial charge in [0, 0.05) is 11.7 Å². The van der Waals surface area contributed by atoms with Crippen LogP contribution in [0, 0.1) is 0 Å². The third-order valence-corrected chi connectivity index (χ3v) is 3.24. The van der Waals surface area contributed by atoms with Gasteiger partial charge in [-0.3, -0.25) is 0 Å². The van der Waals surface area contributed by atoms with Gasteiger partial charge >= 0.3 is 0 Å². The number of hydrogen-bond donors (Lipinski definition) is 2. The van der Waals surface area contributed by atoms with Gasteiger partial charge in [0.15, 0.2) is 0 Å². The van der Waals surface area contributed by atoms with Crippen LogP contribution in [0.4, 0.5) is 5.69 Å². The fraction of sp³-hybridized carbons (Fsp3) is 0.333. The standard InChI is InChI=1S/C9H12N2O2S/c1-6-4-7-5-8(14(10,12)13)2-3-9(7)11-6/h2-3,5-6,11H,4H2,1H3,(H2,10,12,13). The van der Waals surface area contributed by atoms with E-state index in [4.69, 9.17) is 5.14 Å². The topological polar surface area (TPSA) is 72.2 Å². The number of rotatable bonds is 1. The van der Waals surface area contributed by atoms with Crippen LogP contribution in [-0.2, 0) is 16.4 Å². The molecule has 2 rings (SSSR count). The Balaban J connectivity index is 2.48. The first-order chi connectivity index (χ1) is 6.47. The predicted molar refractivity (Wildman–Crippen MR) is 54.6 cm³/mol. The molecule has 1 aliphatic rings. The number of sulfonamides is 1. The van der Waals surface area contributed by atoms with Crippen LogP contribution in [0.15, 0.2) is 23.1 Å². The summed E-state index contributed by atoms with van der Waals surface area (Å²) in [5, 5.41) is 8.28. The minimum Gasteiger partial charge on any atom is -0.382 e. The van der Waals surface area contributed by atoms with Crippen molar-refractivity contribution in [2.24, 2.45) is 5.14 Å². The molecular weight excluding hydrogens is 200 g/mol. The van der Waals surface area contributed by atoms with Gasteiger partial charge in [0.05, 0.1) is 4.90 Å². The molecule has 0 spiro atoms. The maximum absolute atomic E-state index is 11.1. The Morgan fingerprint density at radius 3 is 2.86 bits per heavy atom. The van der Waals surface area contributed by atoms with Gasteiger partial charge in [0.2, 0.25) is 10.0 Å². The first-order valence-electron chi connectivity index (χ1n) is 4.39. The van der Waals surface area contributed by atoms with Crippen molar-refractivity contribution in [1.29, 1.82) is 0 Å². The zero-order valence-corrected chi connectivity index (χ0v) is 8.64. The van der Waals surface area contributed by atoms with Crippen LogP contribution in [0.1, 0.15) is 12.5 Å². The van der Waals surface area contributed by atoms with Crippen molar-refractivity contribution in [3.63, 3.8) is 0 Å². The van der Waals surface area contributed by atoms with Crippen LogP contribution in [0.25, 0.3) is 0 Å². The third-order valence-electron chi connectivity index (χ3n) is 2.33. The summed E-state index contributed by atoms with van der Waals surface area (Å²) in [6.07, 6.45) is 0.846. The summed E-state index contributed by atoms with van der Waals surface area (Å²) in [7, 11) is -3.57. The Labute approximate surface area is 83.2 Å². The molecule has 3 N–H and O–H groups in total. The Kier molecular flexibility index (Phi) is 2.01. The number of nitrogens with one attached hydrogen (secondary N) is 1. The lowest BCUT2D eigenvalue weighted by Crippen LogP contribution is -2.12. The molecular formula is C9H12N2O2S. The van der Waals surface area contributed by atoms with Crippen molar-refractivity contribution < 1.29 is 8.42 Å². The average molecular weight is 212 g/mol. The Hall–Kier alpha value is -1.07. The summed E-state index contributed by atoms with van der Waals surface area (Å²) in [5.41, 5.74) is 2.02. The van der Waals surface area contributed by atoms with E-state index in [0.29, 0.717) is 6.04 Å². The van der Waals surface area contributed by atoms with E-state index in [9.17, 15) is 8.42 Å². The highest BCUT2D eigenvalue weighted by Gasteiger charge is 2.18. The van der Waals surface area contributed by atoms with E-state index in [-0.39, 0.29) is 4.90 Å². The van der Waals surface area contributed by atoms with Crippen molar-refractivity contribution in [2.45, 2.75) is 24.3 Å². The lowest BCUT2D eigenvalue weighted by molar-refractivity contribution is 0.597. The normalized spacial score (nSPS) is 20.3. The number of primary sulfonamides is 1. The molecule has 1 aromatic carbocycles. The molecule has 0 amide bonds. The average Bonchev–Trinajstić information content (AvgIpc) is 2.41. The zero-order valence-electron chi connectivity index (χ0n) is 7.82. The minimum absolute atomic E-state index is 0.187. The molecule has 0 radical (unpaired) electrons. The Morgan fingerprint density at radius 2 is 2.21 bits per heavy atom.